The van der Waals surface area contributed by atoms with Crippen LogP contribution in [0.4, 0.5) is 0 Å². The molecule has 8 aliphatic carbocycles. The molecule has 9 nitrogen and oxygen atoms in total. The standard InChI is InChI=1S/C31H40O9S/c32-27(39-17-29-9-20-4-21(10-29)14-31(35,13-20)16-29)22-6-23(8-25(7-22)41(36,37)38)28(33)40-26-2-1-18-3-19-5-24(26)15-30(34,11-18)12-19/h6-8,18-21,24,26,34-35H,1-5,9-17H2,(H,36,37,38). The molecular formula is C31H40O9S. The number of hydrogen-bond acceptors (Lipinski definition) is 8. The van der Waals surface area contributed by atoms with Gasteiger partial charge in [0.1, 0.15) is 6.10 Å². The van der Waals surface area contributed by atoms with Gasteiger partial charge in [0.2, 0.25) is 0 Å². The number of carbonyl (C=O) groups excluding carboxylic acids is 2. The number of fused-ring (bicyclic) bond motifs is 2. The van der Waals surface area contributed by atoms with Crippen molar-refractivity contribution in [1.82, 2.24) is 0 Å². The molecule has 224 valence electrons. The van der Waals surface area contributed by atoms with Gasteiger partial charge in [-0.25, -0.2) is 9.59 Å². The maximum Gasteiger partial charge on any atom is 0.338 e. The van der Waals surface area contributed by atoms with E-state index in [9.17, 15) is 32.8 Å². The first-order valence-electron chi connectivity index (χ1n) is 15.2. The Morgan fingerprint density at radius 3 is 2.07 bits per heavy atom. The van der Waals surface area contributed by atoms with E-state index in [1.165, 1.54) is 6.07 Å². The number of carbonyl (C=O) groups is 2. The first-order chi connectivity index (χ1) is 19.3. The molecule has 0 radical (unpaired) electrons. The molecule has 0 aliphatic heterocycles. The van der Waals surface area contributed by atoms with E-state index in [0.29, 0.717) is 42.9 Å². The third kappa shape index (κ3) is 5.34. The number of esters is 2. The van der Waals surface area contributed by atoms with Crippen molar-refractivity contribution in [2.24, 2.45) is 35.0 Å². The number of ether oxygens (including phenoxy) is 2. The van der Waals surface area contributed by atoms with E-state index >= 15 is 0 Å². The summed E-state index contributed by atoms with van der Waals surface area (Å²) in [4.78, 5) is 26.0. The Morgan fingerprint density at radius 2 is 1.41 bits per heavy atom. The third-order valence-electron chi connectivity index (χ3n) is 11.3. The lowest BCUT2D eigenvalue weighted by Gasteiger charge is -2.59. The predicted octanol–water partition coefficient (Wildman–Crippen LogP) is 4.30. The Morgan fingerprint density at radius 1 is 0.780 bits per heavy atom. The molecule has 8 saturated carbocycles. The SMILES string of the molecule is O=C(OCC12CC3CC(CC(O)(C3)C1)C2)c1cc(C(=O)OC2CCC3CC4CC2CC(O)(C3)C4)cc(S(=O)(=O)O)c1. The fourth-order valence-electron chi connectivity index (χ4n) is 10.5. The molecule has 8 bridgehead atoms. The molecule has 0 amide bonds. The smallest absolute Gasteiger partial charge is 0.338 e. The zero-order valence-corrected chi connectivity index (χ0v) is 24.1. The minimum absolute atomic E-state index is 0.0215. The van der Waals surface area contributed by atoms with E-state index < -0.39 is 44.3 Å². The molecule has 8 aliphatic rings. The van der Waals surface area contributed by atoms with Gasteiger partial charge in [-0.3, -0.25) is 4.55 Å². The summed E-state index contributed by atoms with van der Waals surface area (Å²) < 4.78 is 45.6. The van der Waals surface area contributed by atoms with Gasteiger partial charge in [0, 0.05) is 5.41 Å². The van der Waals surface area contributed by atoms with Gasteiger partial charge in [-0.15, -0.1) is 0 Å². The lowest BCUT2D eigenvalue weighted by atomic mass is 9.48. The summed E-state index contributed by atoms with van der Waals surface area (Å²) in [6, 6.07) is 3.32. The van der Waals surface area contributed by atoms with Gasteiger partial charge >= 0.3 is 11.9 Å². The van der Waals surface area contributed by atoms with Crippen LogP contribution in [-0.2, 0) is 19.6 Å². The van der Waals surface area contributed by atoms with Crippen LogP contribution >= 0.6 is 0 Å². The van der Waals surface area contributed by atoms with E-state index in [4.69, 9.17) is 9.47 Å². The summed E-state index contributed by atoms with van der Waals surface area (Å²) in [6.45, 7) is 0.117. The fraction of sp³-hybridized carbons (Fsp3) is 0.742. The zero-order chi connectivity index (χ0) is 28.8. The molecule has 41 heavy (non-hydrogen) atoms. The Hall–Kier alpha value is -2.01. The topological polar surface area (TPSA) is 147 Å². The van der Waals surface area contributed by atoms with E-state index in [1.54, 1.807) is 0 Å². The van der Waals surface area contributed by atoms with Gasteiger partial charge in [0.05, 0.1) is 33.8 Å². The van der Waals surface area contributed by atoms with E-state index in [2.05, 4.69) is 0 Å². The van der Waals surface area contributed by atoms with Crippen molar-refractivity contribution in [1.29, 1.82) is 0 Å². The van der Waals surface area contributed by atoms with Gasteiger partial charge in [0.25, 0.3) is 10.1 Å². The third-order valence-corrected chi connectivity index (χ3v) is 12.1. The maximum absolute atomic E-state index is 13.4. The highest BCUT2D eigenvalue weighted by molar-refractivity contribution is 7.85. The Kier molecular flexibility index (Phi) is 6.44. The maximum atomic E-state index is 13.4. The van der Waals surface area contributed by atoms with Crippen molar-refractivity contribution in [3.05, 3.63) is 29.3 Å². The number of hydrogen-bond donors (Lipinski definition) is 3. The van der Waals surface area contributed by atoms with Crippen LogP contribution in [0.2, 0.25) is 0 Å². The number of rotatable bonds is 6. The molecule has 8 fully saturated rings. The normalized spacial score (nSPS) is 42.5. The minimum Gasteiger partial charge on any atom is -0.462 e. The molecule has 0 aromatic heterocycles. The highest BCUT2D eigenvalue weighted by Crippen LogP contribution is 2.61. The first-order valence-corrected chi connectivity index (χ1v) is 16.7. The summed E-state index contributed by atoms with van der Waals surface area (Å²) in [5, 5.41) is 22.2. The van der Waals surface area contributed by atoms with Gasteiger partial charge < -0.3 is 19.7 Å². The molecule has 0 spiro atoms. The van der Waals surface area contributed by atoms with Crippen LogP contribution in [0.25, 0.3) is 0 Å². The fourth-order valence-corrected chi connectivity index (χ4v) is 11.0. The Balaban J connectivity index is 1.09. The summed E-state index contributed by atoms with van der Waals surface area (Å²) in [6.07, 6.45) is 10.3. The second-order valence-corrected chi connectivity index (χ2v) is 16.2. The van der Waals surface area contributed by atoms with Crippen molar-refractivity contribution >= 4 is 22.1 Å². The Labute approximate surface area is 240 Å². The second kappa shape index (κ2) is 9.49. The molecule has 0 saturated heterocycles. The van der Waals surface area contributed by atoms with Crippen LogP contribution in [-0.4, -0.2) is 59.0 Å². The van der Waals surface area contributed by atoms with Crippen LogP contribution in [0.3, 0.4) is 0 Å². The van der Waals surface area contributed by atoms with Crippen LogP contribution in [0.5, 0.6) is 0 Å². The Bertz CT molecular complexity index is 1360. The van der Waals surface area contributed by atoms with Crippen molar-refractivity contribution in [2.75, 3.05) is 6.61 Å². The molecule has 3 N–H and O–H groups in total. The predicted molar refractivity (Wildman–Crippen MR) is 146 cm³/mol. The average molecular weight is 589 g/mol. The van der Waals surface area contributed by atoms with E-state index in [1.807, 2.05) is 0 Å². The second-order valence-electron chi connectivity index (χ2n) is 14.8. The quantitative estimate of drug-likeness (QED) is 0.327. The molecule has 1 aromatic carbocycles. The van der Waals surface area contributed by atoms with Crippen molar-refractivity contribution < 1.29 is 42.2 Å². The largest absolute Gasteiger partial charge is 0.462 e. The lowest BCUT2D eigenvalue weighted by molar-refractivity contribution is -0.175. The molecule has 1 aromatic rings. The highest BCUT2D eigenvalue weighted by Gasteiger charge is 2.57. The van der Waals surface area contributed by atoms with Crippen LogP contribution in [0.15, 0.2) is 23.1 Å². The van der Waals surface area contributed by atoms with Gasteiger partial charge in [-0.2, -0.15) is 8.42 Å². The number of aliphatic hydroxyl groups is 2. The summed E-state index contributed by atoms with van der Waals surface area (Å²) in [5.41, 5.74) is -2.01. The molecule has 10 heteroatoms. The minimum atomic E-state index is -4.72. The van der Waals surface area contributed by atoms with Gasteiger partial charge in [0.15, 0.2) is 0 Å². The highest BCUT2D eigenvalue weighted by atomic mass is 32.2. The van der Waals surface area contributed by atoms with Crippen molar-refractivity contribution in [3.63, 3.8) is 0 Å². The van der Waals surface area contributed by atoms with Crippen LogP contribution < -0.4 is 0 Å². The van der Waals surface area contributed by atoms with Crippen molar-refractivity contribution in [3.8, 4) is 0 Å². The van der Waals surface area contributed by atoms with E-state index in [-0.39, 0.29) is 29.1 Å². The van der Waals surface area contributed by atoms with Gasteiger partial charge in [-0.1, -0.05) is 0 Å². The average Bonchev–Trinajstić information content (AvgIpc) is 2.85. The molecule has 0 heterocycles. The molecule has 7 atom stereocenters. The van der Waals surface area contributed by atoms with E-state index in [0.717, 1.165) is 76.3 Å². The first kappa shape index (κ1) is 27.8. The van der Waals surface area contributed by atoms with Gasteiger partial charge in [-0.05, 0) is 131 Å². The lowest BCUT2D eigenvalue weighted by Crippen LogP contribution is -2.57. The summed E-state index contributed by atoms with van der Waals surface area (Å²) >= 11 is 0. The summed E-state index contributed by atoms with van der Waals surface area (Å²) in [7, 11) is -4.72. The monoisotopic (exact) mass is 588 g/mol. The zero-order valence-electron chi connectivity index (χ0n) is 23.3. The molecule has 7 unspecified atom stereocenters. The van der Waals surface area contributed by atoms with Crippen LogP contribution in [0, 0.1) is 35.0 Å². The summed E-state index contributed by atoms with van der Waals surface area (Å²) in [5.74, 6) is 0.134. The van der Waals surface area contributed by atoms with Crippen molar-refractivity contribution in [2.45, 2.75) is 106 Å². The molecular weight excluding hydrogens is 548 g/mol. The van der Waals surface area contributed by atoms with Crippen LogP contribution in [0.1, 0.15) is 104 Å². The molecule has 9 rings (SSSR count). The number of benzene rings is 1.